The fourth-order valence-electron chi connectivity index (χ4n) is 7.19. The number of aliphatic hydroxyl groups is 1. The van der Waals surface area contributed by atoms with E-state index >= 15 is 0 Å². The summed E-state index contributed by atoms with van der Waals surface area (Å²) < 4.78 is 4.99. The summed E-state index contributed by atoms with van der Waals surface area (Å²) in [5, 5.41) is 15.0. The third-order valence-electron chi connectivity index (χ3n) is 9.80. The van der Waals surface area contributed by atoms with E-state index < -0.39 is 0 Å². The van der Waals surface area contributed by atoms with Crippen LogP contribution in [-0.2, 0) is 9.53 Å². The molecule has 5 aliphatic heterocycles. The molecule has 222 valence electrons. The van der Waals surface area contributed by atoms with Gasteiger partial charge >= 0.3 is 5.97 Å². The first kappa shape index (κ1) is 28.8. The van der Waals surface area contributed by atoms with E-state index in [1.54, 1.807) is 0 Å². The van der Waals surface area contributed by atoms with E-state index in [-0.39, 0.29) is 23.7 Å². The van der Waals surface area contributed by atoms with Crippen molar-refractivity contribution in [3.05, 3.63) is 104 Å². The number of allylic oxidation sites excluding steroid dienone is 13. The summed E-state index contributed by atoms with van der Waals surface area (Å²) >= 11 is 0. The van der Waals surface area contributed by atoms with Crippen LogP contribution in [0, 0.1) is 17.8 Å². The van der Waals surface area contributed by atoms with Gasteiger partial charge in [0.05, 0.1) is 41.3 Å². The lowest BCUT2D eigenvalue weighted by atomic mass is 9.86. The van der Waals surface area contributed by atoms with E-state index in [9.17, 15) is 9.90 Å². The molecule has 0 spiro atoms. The van der Waals surface area contributed by atoms with Gasteiger partial charge in [0, 0.05) is 53.1 Å². The Morgan fingerprint density at radius 1 is 1.12 bits per heavy atom. The molecule has 7 heteroatoms. The molecule has 0 aromatic carbocycles. The fourth-order valence-corrected chi connectivity index (χ4v) is 7.19. The van der Waals surface area contributed by atoms with Crippen LogP contribution in [0.1, 0.15) is 67.2 Å². The first-order chi connectivity index (χ1) is 20.6. The number of hydrogen-bond donors (Lipinski definition) is 2. The van der Waals surface area contributed by atoms with Crippen LogP contribution in [0.2, 0.25) is 0 Å². The van der Waals surface area contributed by atoms with Crippen LogP contribution >= 0.6 is 0 Å². The molecule has 6 rings (SSSR count). The van der Waals surface area contributed by atoms with Gasteiger partial charge in [0.1, 0.15) is 5.76 Å². The van der Waals surface area contributed by atoms with Crippen molar-refractivity contribution in [2.45, 2.75) is 67.2 Å². The van der Waals surface area contributed by atoms with Crippen LogP contribution in [0.25, 0.3) is 0 Å². The Balaban J connectivity index is 1.61. The quantitative estimate of drug-likeness (QED) is 0.254. The van der Waals surface area contributed by atoms with Gasteiger partial charge in [0.15, 0.2) is 0 Å². The normalized spacial score (nSPS) is 25.1. The van der Waals surface area contributed by atoms with E-state index in [0.29, 0.717) is 25.0 Å². The van der Waals surface area contributed by atoms with Gasteiger partial charge in [-0.05, 0) is 79.7 Å². The summed E-state index contributed by atoms with van der Waals surface area (Å²) in [4.78, 5) is 27.6. The van der Waals surface area contributed by atoms with Crippen LogP contribution in [0.4, 0.5) is 0 Å². The van der Waals surface area contributed by atoms with Crippen molar-refractivity contribution in [2.75, 3.05) is 7.11 Å². The number of carbonyl (C=O) groups is 1. The third-order valence-corrected chi connectivity index (χ3v) is 9.80. The molecule has 1 fully saturated rings. The molecule has 0 aromatic rings. The van der Waals surface area contributed by atoms with Crippen LogP contribution in [0.3, 0.4) is 0 Å². The minimum atomic E-state index is -0.228. The maximum atomic E-state index is 12.2. The number of nitrogens with one attached hydrogen (secondary N) is 1. The average Bonchev–Trinajstić information content (AvgIpc) is 3.74. The second-order valence-electron chi connectivity index (χ2n) is 12.2. The van der Waals surface area contributed by atoms with Crippen LogP contribution in [-0.4, -0.2) is 35.3 Å². The second kappa shape index (κ2) is 10.8. The molecule has 3 atom stereocenters. The summed E-state index contributed by atoms with van der Waals surface area (Å²) in [6, 6.07) is 0. The third kappa shape index (κ3) is 4.57. The molecule has 8 bridgehead atoms. The largest absolute Gasteiger partial charge is 0.511 e. The van der Waals surface area contributed by atoms with Gasteiger partial charge < -0.3 is 15.2 Å². The molecular formula is C36H40N4O3. The number of carbonyl (C=O) groups excluding carboxylic acids is 1. The van der Waals surface area contributed by atoms with Gasteiger partial charge in [-0.3, -0.25) is 4.79 Å². The van der Waals surface area contributed by atoms with Crippen molar-refractivity contribution in [1.29, 1.82) is 0 Å². The van der Waals surface area contributed by atoms with Crippen molar-refractivity contribution in [3.63, 3.8) is 0 Å². The van der Waals surface area contributed by atoms with E-state index in [0.717, 1.165) is 85.5 Å². The van der Waals surface area contributed by atoms with Crippen LogP contribution < -0.4 is 5.32 Å². The van der Waals surface area contributed by atoms with Gasteiger partial charge in [-0.1, -0.05) is 26.8 Å². The number of aliphatic hydroxyl groups excluding tert-OH is 1. The van der Waals surface area contributed by atoms with E-state index in [2.05, 4.69) is 64.7 Å². The zero-order valence-electron chi connectivity index (χ0n) is 26.2. The highest BCUT2D eigenvalue weighted by atomic mass is 16.5. The summed E-state index contributed by atoms with van der Waals surface area (Å²) in [6.45, 7) is 16.9. The van der Waals surface area contributed by atoms with Crippen molar-refractivity contribution < 1.29 is 14.6 Å². The number of methoxy groups -OCH3 is 1. The molecule has 6 aliphatic rings. The Morgan fingerprint density at radius 2 is 1.84 bits per heavy atom. The molecule has 0 radical (unpaired) electrons. The smallest absolute Gasteiger partial charge is 0.305 e. The number of ether oxygens (including phenoxy) is 1. The molecular weight excluding hydrogens is 536 g/mol. The van der Waals surface area contributed by atoms with E-state index in [1.165, 1.54) is 12.7 Å². The Bertz CT molecular complexity index is 1730. The lowest BCUT2D eigenvalue weighted by Crippen LogP contribution is -2.16. The van der Waals surface area contributed by atoms with E-state index in [4.69, 9.17) is 19.7 Å². The van der Waals surface area contributed by atoms with Gasteiger partial charge in [-0.2, -0.15) is 0 Å². The zero-order chi connectivity index (χ0) is 30.7. The van der Waals surface area contributed by atoms with Crippen LogP contribution in [0.5, 0.6) is 0 Å². The first-order valence-corrected chi connectivity index (χ1v) is 15.2. The highest BCUT2D eigenvalue weighted by molar-refractivity contribution is 6.21. The molecule has 0 amide bonds. The predicted octanol–water partition coefficient (Wildman–Crippen LogP) is 7.43. The summed E-state index contributed by atoms with van der Waals surface area (Å²) in [6.07, 6.45) is 10.5. The SMILES string of the molecule is C=CC(C)C1=C(C)C2=NC1=CC1=NC(=CC3=C(C)C4=C(O)CC(=C5NC(=C2)[C@@H](C)[C@@H]5CCC(=O)OC)C4=N3)C(CC)=C1C. The highest BCUT2D eigenvalue weighted by Crippen LogP contribution is 2.46. The molecule has 7 nitrogen and oxygen atoms in total. The Labute approximate surface area is 254 Å². The fraction of sp³-hybridized carbons (Fsp3) is 0.389. The maximum Gasteiger partial charge on any atom is 0.305 e. The summed E-state index contributed by atoms with van der Waals surface area (Å²) in [5.41, 5.74) is 14.7. The zero-order valence-corrected chi connectivity index (χ0v) is 26.2. The molecule has 43 heavy (non-hydrogen) atoms. The molecule has 1 aliphatic carbocycles. The maximum absolute atomic E-state index is 12.2. The molecule has 0 saturated carbocycles. The molecule has 0 aromatic heterocycles. The molecule has 1 saturated heterocycles. The Morgan fingerprint density at radius 3 is 2.53 bits per heavy atom. The average molecular weight is 577 g/mol. The first-order valence-electron chi connectivity index (χ1n) is 15.2. The molecule has 1 unspecified atom stereocenters. The molecule has 2 N–H and O–H groups in total. The Hall–Kier alpha value is -4.26. The van der Waals surface area contributed by atoms with Crippen molar-refractivity contribution in [1.82, 2.24) is 5.32 Å². The number of nitrogens with zero attached hydrogens (tertiary/aromatic N) is 3. The van der Waals surface area contributed by atoms with Gasteiger partial charge in [-0.25, -0.2) is 15.0 Å². The minimum absolute atomic E-state index is 0.0281. The monoisotopic (exact) mass is 576 g/mol. The van der Waals surface area contributed by atoms with Crippen molar-refractivity contribution in [3.8, 4) is 0 Å². The number of esters is 1. The van der Waals surface area contributed by atoms with Crippen molar-refractivity contribution in [2.24, 2.45) is 32.7 Å². The van der Waals surface area contributed by atoms with Gasteiger partial charge in [0.2, 0.25) is 0 Å². The lowest BCUT2D eigenvalue weighted by Gasteiger charge is -2.17. The second-order valence-corrected chi connectivity index (χ2v) is 12.2. The standard InChI is InChI=1S/C36H40N4O3/c1-9-17(3)33-20(6)27-14-26-19(5)23(11-12-32(42)43-8)35(39-26)24-13-31(41)34-21(7)28(40-36(24)34)15-29-22(10-2)18(4)25(37-29)16-30(33)38-27/h9,14-17,19,23,39,41H,1,10-13H2,2-8H3/t17?,19-,23-/m0/s1. The number of aliphatic imine (C=N–C) groups is 3. The topological polar surface area (TPSA) is 95.6 Å². The minimum Gasteiger partial charge on any atom is -0.511 e. The Kier molecular flexibility index (Phi) is 7.23. The lowest BCUT2D eigenvalue weighted by molar-refractivity contribution is -0.140. The summed E-state index contributed by atoms with van der Waals surface area (Å²) in [7, 11) is 1.43. The van der Waals surface area contributed by atoms with Gasteiger partial charge in [-0.15, -0.1) is 6.58 Å². The predicted molar refractivity (Wildman–Crippen MR) is 173 cm³/mol. The van der Waals surface area contributed by atoms with Gasteiger partial charge in [0.25, 0.3) is 0 Å². The number of rotatable bonds is 6. The molecule has 5 heterocycles. The number of hydrogen-bond acceptors (Lipinski definition) is 7. The van der Waals surface area contributed by atoms with Crippen molar-refractivity contribution >= 4 is 23.1 Å². The van der Waals surface area contributed by atoms with E-state index in [1.807, 2.05) is 13.0 Å². The van der Waals surface area contributed by atoms with Crippen LogP contribution in [0.15, 0.2) is 119 Å². The highest BCUT2D eigenvalue weighted by Gasteiger charge is 2.41. The number of fused-ring (bicyclic) bond motifs is 5. The summed E-state index contributed by atoms with van der Waals surface area (Å²) in [5.74, 6) is 0.338.